The van der Waals surface area contributed by atoms with E-state index in [9.17, 15) is 4.79 Å². The molecule has 0 radical (unpaired) electrons. The van der Waals surface area contributed by atoms with Gasteiger partial charge in [-0.1, -0.05) is 0 Å². The van der Waals surface area contributed by atoms with E-state index in [-0.39, 0.29) is 11.4 Å². The second-order valence-electron chi connectivity index (χ2n) is 1.82. The molecule has 0 aliphatic heterocycles. The molecule has 0 atom stereocenters. The Bertz CT molecular complexity index is 377. The van der Waals surface area contributed by atoms with E-state index in [1.807, 2.05) is 22.6 Å². The van der Waals surface area contributed by atoms with Crippen molar-refractivity contribution < 1.29 is 5.11 Å². The number of aromatic nitrogens is 1. The van der Waals surface area contributed by atoms with Crippen molar-refractivity contribution >= 4 is 22.6 Å². The van der Waals surface area contributed by atoms with Gasteiger partial charge >= 0.3 is 0 Å². The van der Waals surface area contributed by atoms with Crippen LogP contribution in [0.1, 0.15) is 5.56 Å². The first-order valence-corrected chi connectivity index (χ1v) is 3.75. The Morgan fingerprint density at radius 1 is 1.73 bits per heavy atom. The number of hydrogen-bond acceptors (Lipinski definition) is 3. The van der Waals surface area contributed by atoms with Crippen LogP contribution in [0.3, 0.4) is 0 Å². The Hall–Kier alpha value is -1.03. The molecule has 1 aromatic rings. The number of rotatable bonds is 0. The number of pyridine rings is 1. The minimum atomic E-state index is -0.564. The van der Waals surface area contributed by atoms with Crippen LogP contribution in [0.25, 0.3) is 0 Å². The predicted molar refractivity (Wildman–Crippen MR) is 46.2 cm³/mol. The molecule has 0 unspecified atom stereocenters. The van der Waals surface area contributed by atoms with Crippen LogP contribution in [0.4, 0.5) is 0 Å². The van der Waals surface area contributed by atoms with E-state index in [0.717, 1.165) is 0 Å². The highest BCUT2D eigenvalue weighted by Gasteiger charge is 2.03. The van der Waals surface area contributed by atoms with Crippen molar-refractivity contribution in [1.29, 1.82) is 5.26 Å². The molecule has 0 aliphatic rings. The predicted octanol–water partition coefficient (Wildman–Crippen LogP) is 0.557. The molecule has 4 nitrogen and oxygen atoms in total. The van der Waals surface area contributed by atoms with Gasteiger partial charge in [-0.05, 0) is 28.7 Å². The van der Waals surface area contributed by atoms with Crippen LogP contribution in [0.5, 0.6) is 5.88 Å². The van der Waals surface area contributed by atoms with E-state index >= 15 is 0 Å². The van der Waals surface area contributed by atoms with Crippen molar-refractivity contribution in [2.45, 2.75) is 0 Å². The minimum absolute atomic E-state index is 0.00667. The average Bonchev–Trinajstić information content (AvgIpc) is 1.97. The second kappa shape index (κ2) is 2.92. The summed E-state index contributed by atoms with van der Waals surface area (Å²) in [5.74, 6) is -0.199. The van der Waals surface area contributed by atoms with E-state index in [2.05, 4.69) is 4.98 Å². The lowest BCUT2D eigenvalue weighted by Gasteiger charge is -1.94. The van der Waals surface area contributed by atoms with Gasteiger partial charge in [0, 0.05) is 0 Å². The summed E-state index contributed by atoms with van der Waals surface area (Å²) in [6.07, 6.45) is 0. The number of aromatic hydroxyl groups is 1. The highest BCUT2D eigenvalue weighted by Crippen LogP contribution is 2.13. The van der Waals surface area contributed by atoms with Gasteiger partial charge in [0.05, 0.1) is 3.57 Å². The van der Waals surface area contributed by atoms with Crippen LogP contribution in [0.2, 0.25) is 0 Å². The standard InChI is InChI=1S/C6H3IN2O2/c7-4-1-3(2-8)5(10)9-6(4)11/h1H,(H2,9,10,11). The highest BCUT2D eigenvalue weighted by molar-refractivity contribution is 14.1. The van der Waals surface area contributed by atoms with E-state index in [4.69, 9.17) is 10.4 Å². The molecule has 0 aromatic carbocycles. The van der Waals surface area contributed by atoms with Crippen molar-refractivity contribution in [3.63, 3.8) is 0 Å². The maximum atomic E-state index is 10.8. The van der Waals surface area contributed by atoms with Gasteiger partial charge in [0.1, 0.15) is 11.6 Å². The smallest absolute Gasteiger partial charge is 0.268 e. The summed E-state index contributed by atoms with van der Waals surface area (Å²) in [4.78, 5) is 12.9. The fourth-order valence-corrected chi connectivity index (χ4v) is 1.02. The molecule has 0 saturated heterocycles. The fourth-order valence-electron chi connectivity index (χ4n) is 0.578. The summed E-state index contributed by atoms with van der Waals surface area (Å²) >= 11 is 1.82. The van der Waals surface area contributed by atoms with E-state index in [1.165, 1.54) is 6.07 Å². The zero-order valence-corrected chi connectivity index (χ0v) is 7.42. The lowest BCUT2D eigenvalue weighted by molar-refractivity contribution is 0.447. The molecule has 1 heterocycles. The summed E-state index contributed by atoms with van der Waals surface area (Å²) in [7, 11) is 0. The molecule has 56 valence electrons. The first-order valence-electron chi connectivity index (χ1n) is 2.67. The zero-order chi connectivity index (χ0) is 8.43. The van der Waals surface area contributed by atoms with Gasteiger partial charge < -0.3 is 5.11 Å². The quantitative estimate of drug-likeness (QED) is 0.670. The number of hydrogen-bond donors (Lipinski definition) is 2. The molecule has 2 N–H and O–H groups in total. The Kier molecular flexibility index (Phi) is 2.14. The fraction of sp³-hybridized carbons (Fsp3) is 0. The summed E-state index contributed by atoms with van der Waals surface area (Å²) in [5.41, 5.74) is -0.558. The molecule has 5 heteroatoms. The van der Waals surface area contributed by atoms with Gasteiger partial charge in [-0.25, -0.2) is 0 Å². The van der Waals surface area contributed by atoms with Gasteiger partial charge in [-0.15, -0.1) is 0 Å². The molecule has 1 aromatic heterocycles. The average molecular weight is 262 g/mol. The van der Waals surface area contributed by atoms with Crippen molar-refractivity contribution in [3.8, 4) is 11.9 Å². The molecule has 0 saturated carbocycles. The maximum Gasteiger partial charge on any atom is 0.268 e. The van der Waals surface area contributed by atoms with Gasteiger partial charge in [0.15, 0.2) is 0 Å². The van der Waals surface area contributed by atoms with Gasteiger partial charge in [0.2, 0.25) is 5.88 Å². The number of nitrogens with one attached hydrogen (secondary N) is 1. The summed E-state index contributed by atoms with van der Waals surface area (Å²) < 4.78 is 0.457. The first kappa shape index (κ1) is 8.07. The van der Waals surface area contributed by atoms with Crippen molar-refractivity contribution in [1.82, 2.24) is 4.98 Å². The lowest BCUT2D eigenvalue weighted by Crippen LogP contribution is -2.09. The van der Waals surface area contributed by atoms with Crippen molar-refractivity contribution in [2.75, 3.05) is 0 Å². The van der Waals surface area contributed by atoms with Gasteiger partial charge in [0.25, 0.3) is 5.56 Å². The van der Waals surface area contributed by atoms with Gasteiger partial charge in [-0.2, -0.15) is 5.26 Å². The van der Waals surface area contributed by atoms with E-state index in [0.29, 0.717) is 3.57 Å². The van der Waals surface area contributed by atoms with E-state index in [1.54, 1.807) is 6.07 Å². The SMILES string of the molecule is N#Cc1cc(I)c(O)[nH]c1=O. The number of aromatic amines is 1. The minimum Gasteiger partial charge on any atom is -0.494 e. The molecular weight excluding hydrogens is 259 g/mol. The Morgan fingerprint density at radius 2 is 2.36 bits per heavy atom. The summed E-state index contributed by atoms with van der Waals surface area (Å²) in [5, 5.41) is 17.3. The Balaban J connectivity index is 3.48. The third-order valence-corrected chi connectivity index (χ3v) is 1.92. The number of H-pyrrole nitrogens is 1. The Morgan fingerprint density at radius 3 is 2.91 bits per heavy atom. The molecule has 11 heavy (non-hydrogen) atoms. The highest BCUT2D eigenvalue weighted by atomic mass is 127. The van der Waals surface area contributed by atoms with Crippen LogP contribution >= 0.6 is 22.6 Å². The zero-order valence-electron chi connectivity index (χ0n) is 5.26. The van der Waals surface area contributed by atoms with Crippen LogP contribution in [0, 0.1) is 14.9 Å². The number of nitrogens with zero attached hydrogens (tertiary/aromatic N) is 1. The van der Waals surface area contributed by atoms with Crippen LogP contribution in [0.15, 0.2) is 10.9 Å². The molecule has 0 fully saturated rings. The first-order chi connectivity index (χ1) is 5.15. The van der Waals surface area contributed by atoms with Crippen LogP contribution < -0.4 is 5.56 Å². The molecule has 0 amide bonds. The topological polar surface area (TPSA) is 76.9 Å². The molecular formula is C6H3IN2O2. The second-order valence-corrected chi connectivity index (χ2v) is 2.98. The molecule has 0 bridgehead atoms. The van der Waals surface area contributed by atoms with E-state index < -0.39 is 5.56 Å². The third-order valence-electron chi connectivity index (χ3n) is 1.09. The molecule has 1 rings (SSSR count). The monoisotopic (exact) mass is 262 g/mol. The molecule has 0 spiro atoms. The summed E-state index contributed by atoms with van der Waals surface area (Å²) in [6.45, 7) is 0. The maximum absolute atomic E-state index is 10.8. The third kappa shape index (κ3) is 1.51. The lowest BCUT2D eigenvalue weighted by atomic mass is 10.3. The van der Waals surface area contributed by atoms with Crippen LogP contribution in [-0.2, 0) is 0 Å². The van der Waals surface area contributed by atoms with Crippen molar-refractivity contribution in [3.05, 3.63) is 25.6 Å². The summed E-state index contributed by atoms with van der Waals surface area (Å²) in [6, 6.07) is 3.03. The molecule has 0 aliphatic carbocycles. The van der Waals surface area contributed by atoms with Gasteiger partial charge in [-0.3, -0.25) is 9.78 Å². The van der Waals surface area contributed by atoms with Crippen LogP contribution in [-0.4, -0.2) is 10.1 Å². The Labute approximate surface area is 75.6 Å². The van der Waals surface area contributed by atoms with Crippen molar-refractivity contribution in [2.24, 2.45) is 0 Å². The largest absolute Gasteiger partial charge is 0.494 e. The number of halogens is 1. The number of nitriles is 1. The normalized spacial score (nSPS) is 9.09.